The molecule has 1 atom stereocenters. The molecular formula is C14H17N3O. The summed E-state index contributed by atoms with van der Waals surface area (Å²) < 4.78 is 0. The molecule has 0 saturated carbocycles. The second kappa shape index (κ2) is 4.55. The summed E-state index contributed by atoms with van der Waals surface area (Å²) in [5.74, 6) is 0.295. The number of hydrogen-bond acceptors (Lipinski definition) is 4. The average molecular weight is 243 g/mol. The highest BCUT2D eigenvalue weighted by molar-refractivity contribution is 5.83. The SMILES string of the molecule is CN1CCNCC1c1ccnc2ccc(O)cc12. The first kappa shape index (κ1) is 11.4. The molecule has 94 valence electrons. The summed E-state index contributed by atoms with van der Waals surface area (Å²) in [5, 5.41) is 14.1. The Balaban J connectivity index is 2.12. The van der Waals surface area contributed by atoms with Gasteiger partial charge in [0.2, 0.25) is 0 Å². The maximum absolute atomic E-state index is 9.66. The van der Waals surface area contributed by atoms with Gasteiger partial charge in [-0.05, 0) is 36.9 Å². The second-order valence-corrected chi connectivity index (χ2v) is 4.80. The molecule has 1 aromatic carbocycles. The van der Waals surface area contributed by atoms with Gasteiger partial charge in [0.15, 0.2) is 0 Å². The lowest BCUT2D eigenvalue weighted by atomic mass is 9.99. The zero-order valence-corrected chi connectivity index (χ0v) is 10.4. The Kier molecular flexibility index (Phi) is 2.89. The maximum atomic E-state index is 9.66. The fraction of sp³-hybridized carbons (Fsp3) is 0.357. The molecule has 2 N–H and O–H groups in total. The van der Waals surface area contributed by atoms with Crippen molar-refractivity contribution in [2.24, 2.45) is 0 Å². The van der Waals surface area contributed by atoms with Crippen molar-refractivity contribution in [1.29, 1.82) is 0 Å². The van der Waals surface area contributed by atoms with Crippen LogP contribution in [0.3, 0.4) is 0 Å². The van der Waals surface area contributed by atoms with Crippen LogP contribution in [0.5, 0.6) is 5.75 Å². The van der Waals surface area contributed by atoms with Gasteiger partial charge in [-0.1, -0.05) is 0 Å². The van der Waals surface area contributed by atoms with Gasteiger partial charge in [0.25, 0.3) is 0 Å². The Hall–Kier alpha value is -1.65. The summed E-state index contributed by atoms with van der Waals surface area (Å²) in [7, 11) is 2.14. The predicted molar refractivity (Wildman–Crippen MR) is 71.6 cm³/mol. The number of phenols is 1. The Morgan fingerprint density at radius 3 is 3.11 bits per heavy atom. The lowest BCUT2D eigenvalue weighted by Crippen LogP contribution is -2.43. The van der Waals surface area contributed by atoms with Crippen molar-refractivity contribution in [3.05, 3.63) is 36.0 Å². The van der Waals surface area contributed by atoms with Crippen molar-refractivity contribution in [1.82, 2.24) is 15.2 Å². The van der Waals surface area contributed by atoms with Crippen LogP contribution in [0.15, 0.2) is 30.5 Å². The number of pyridine rings is 1. The Labute approximate surface area is 106 Å². The number of aromatic nitrogens is 1. The summed E-state index contributed by atoms with van der Waals surface area (Å²) in [4.78, 5) is 6.70. The van der Waals surface area contributed by atoms with E-state index in [9.17, 15) is 5.11 Å². The van der Waals surface area contributed by atoms with E-state index >= 15 is 0 Å². The Morgan fingerprint density at radius 1 is 1.39 bits per heavy atom. The number of hydrogen-bond donors (Lipinski definition) is 2. The van der Waals surface area contributed by atoms with Crippen molar-refractivity contribution in [3.8, 4) is 5.75 Å². The van der Waals surface area contributed by atoms with Crippen LogP contribution >= 0.6 is 0 Å². The predicted octanol–water partition coefficient (Wildman–Crippen LogP) is 1.52. The molecule has 18 heavy (non-hydrogen) atoms. The van der Waals surface area contributed by atoms with Gasteiger partial charge >= 0.3 is 0 Å². The van der Waals surface area contributed by atoms with Crippen molar-refractivity contribution >= 4 is 10.9 Å². The van der Waals surface area contributed by atoms with Gasteiger partial charge in [0.05, 0.1) is 5.52 Å². The fourth-order valence-corrected chi connectivity index (χ4v) is 2.60. The van der Waals surface area contributed by atoms with Crippen molar-refractivity contribution in [2.45, 2.75) is 6.04 Å². The number of nitrogens with one attached hydrogen (secondary N) is 1. The van der Waals surface area contributed by atoms with E-state index in [1.54, 1.807) is 12.1 Å². The summed E-state index contributed by atoms with van der Waals surface area (Å²) in [6.45, 7) is 3.00. The van der Waals surface area contributed by atoms with Crippen LogP contribution in [-0.2, 0) is 0 Å². The molecule has 1 saturated heterocycles. The molecule has 4 heteroatoms. The highest BCUT2D eigenvalue weighted by Crippen LogP contribution is 2.29. The third kappa shape index (κ3) is 1.94. The van der Waals surface area contributed by atoms with E-state index in [1.807, 2.05) is 12.3 Å². The van der Waals surface area contributed by atoms with Crippen LogP contribution in [-0.4, -0.2) is 41.7 Å². The number of fused-ring (bicyclic) bond motifs is 1. The standard InChI is InChI=1S/C14H17N3O/c1-17-7-6-15-9-14(17)11-4-5-16-13-3-2-10(18)8-12(11)13/h2-5,8,14-15,18H,6-7,9H2,1H3. The van der Waals surface area contributed by atoms with Crippen LogP contribution < -0.4 is 5.32 Å². The van der Waals surface area contributed by atoms with Crippen LogP contribution in [0, 0.1) is 0 Å². The number of phenolic OH excluding ortho intramolecular Hbond substituents is 1. The molecule has 3 rings (SSSR count). The number of rotatable bonds is 1. The zero-order valence-electron chi connectivity index (χ0n) is 10.4. The summed E-state index contributed by atoms with van der Waals surface area (Å²) in [6, 6.07) is 7.74. The molecule has 4 nitrogen and oxygen atoms in total. The lowest BCUT2D eigenvalue weighted by molar-refractivity contribution is 0.203. The van der Waals surface area contributed by atoms with Crippen molar-refractivity contribution in [2.75, 3.05) is 26.7 Å². The monoisotopic (exact) mass is 243 g/mol. The minimum atomic E-state index is 0.295. The summed E-state index contributed by atoms with van der Waals surface area (Å²) >= 11 is 0. The zero-order chi connectivity index (χ0) is 12.5. The van der Waals surface area contributed by atoms with E-state index < -0.39 is 0 Å². The van der Waals surface area contributed by atoms with Gasteiger partial charge in [-0.2, -0.15) is 0 Å². The van der Waals surface area contributed by atoms with Gasteiger partial charge in [0, 0.05) is 37.3 Å². The Morgan fingerprint density at radius 2 is 2.28 bits per heavy atom. The van der Waals surface area contributed by atoms with Crippen molar-refractivity contribution < 1.29 is 5.11 Å². The van der Waals surface area contributed by atoms with Gasteiger partial charge in [-0.25, -0.2) is 0 Å². The van der Waals surface area contributed by atoms with E-state index in [1.165, 1.54) is 5.56 Å². The topological polar surface area (TPSA) is 48.4 Å². The van der Waals surface area contributed by atoms with E-state index in [0.29, 0.717) is 11.8 Å². The molecule has 0 amide bonds. The molecule has 0 spiro atoms. The molecule has 1 unspecified atom stereocenters. The molecule has 0 radical (unpaired) electrons. The Bertz CT molecular complexity index is 570. The largest absolute Gasteiger partial charge is 0.508 e. The van der Waals surface area contributed by atoms with Gasteiger partial charge < -0.3 is 10.4 Å². The third-order valence-electron chi connectivity index (χ3n) is 3.63. The summed E-state index contributed by atoms with van der Waals surface area (Å²) in [6.07, 6.45) is 1.84. The minimum absolute atomic E-state index is 0.295. The van der Waals surface area contributed by atoms with Gasteiger partial charge in [-0.3, -0.25) is 9.88 Å². The van der Waals surface area contributed by atoms with Crippen LogP contribution in [0.2, 0.25) is 0 Å². The molecule has 1 aliphatic rings. The molecule has 1 aromatic heterocycles. The molecule has 1 fully saturated rings. The first-order chi connectivity index (χ1) is 8.75. The van der Waals surface area contributed by atoms with Gasteiger partial charge in [0.1, 0.15) is 5.75 Å². The fourth-order valence-electron chi connectivity index (χ4n) is 2.60. The normalized spacial score (nSPS) is 21.3. The molecule has 0 bridgehead atoms. The molecule has 1 aliphatic heterocycles. The highest BCUT2D eigenvalue weighted by atomic mass is 16.3. The van der Waals surface area contributed by atoms with Crippen LogP contribution in [0.1, 0.15) is 11.6 Å². The number of likely N-dealkylation sites (N-methyl/N-ethyl adjacent to an activating group) is 1. The van der Waals surface area contributed by atoms with E-state index in [2.05, 4.69) is 28.3 Å². The van der Waals surface area contributed by atoms with Crippen LogP contribution in [0.25, 0.3) is 10.9 Å². The van der Waals surface area contributed by atoms with E-state index in [4.69, 9.17) is 0 Å². The first-order valence-electron chi connectivity index (χ1n) is 6.24. The minimum Gasteiger partial charge on any atom is -0.508 e. The quantitative estimate of drug-likeness (QED) is 0.797. The molecule has 2 heterocycles. The van der Waals surface area contributed by atoms with E-state index in [-0.39, 0.29) is 0 Å². The molecular weight excluding hydrogens is 226 g/mol. The lowest BCUT2D eigenvalue weighted by Gasteiger charge is -2.33. The first-order valence-corrected chi connectivity index (χ1v) is 6.24. The number of nitrogens with zero attached hydrogens (tertiary/aromatic N) is 2. The average Bonchev–Trinajstić information content (AvgIpc) is 2.39. The highest BCUT2D eigenvalue weighted by Gasteiger charge is 2.22. The third-order valence-corrected chi connectivity index (χ3v) is 3.63. The van der Waals surface area contributed by atoms with E-state index in [0.717, 1.165) is 30.5 Å². The number of aromatic hydroxyl groups is 1. The van der Waals surface area contributed by atoms with Crippen LogP contribution in [0.4, 0.5) is 0 Å². The number of piperazine rings is 1. The van der Waals surface area contributed by atoms with Crippen molar-refractivity contribution in [3.63, 3.8) is 0 Å². The second-order valence-electron chi connectivity index (χ2n) is 4.80. The van der Waals surface area contributed by atoms with Gasteiger partial charge in [-0.15, -0.1) is 0 Å². The molecule has 0 aliphatic carbocycles. The summed E-state index contributed by atoms with van der Waals surface area (Å²) in [5.41, 5.74) is 2.16. The smallest absolute Gasteiger partial charge is 0.116 e. The maximum Gasteiger partial charge on any atom is 0.116 e. The number of benzene rings is 1. The molecule has 2 aromatic rings.